The topological polar surface area (TPSA) is 34.9 Å². The molecule has 0 N–H and O–H groups in total. The van der Waals surface area contributed by atoms with Crippen LogP contribution in [0.25, 0.3) is 12.3 Å². The van der Waals surface area contributed by atoms with Gasteiger partial charge >= 0.3 is 0 Å². The highest BCUT2D eigenvalue weighted by Crippen LogP contribution is 2.12. The summed E-state index contributed by atoms with van der Waals surface area (Å²) in [5.74, 6) is 0.658. The van der Waals surface area contributed by atoms with Crippen LogP contribution in [0.1, 0.15) is 46.1 Å². The molecule has 0 saturated heterocycles. The van der Waals surface area contributed by atoms with E-state index in [0.29, 0.717) is 10.3 Å². The number of hydrogen-bond acceptors (Lipinski definition) is 2. The van der Waals surface area contributed by atoms with Crippen LogP contribution in [0.3, 0.4) is 0 Å². The first-order valence-corrected chi connectivity index (χ1v) is 7.01. The minimum Gasteiger partial charge on any atom is -0.268 e. The molecule has 3 nitrogen and oxygen atoms in total. The van der Waals surface area contributed by atoms with E-state index in [4.69, 9.17) is 0 Å². The summed E-state index contributed by atoms with van der Waals surface area (Å²) in [5, 5.41) is 0. The molecule has 0 spiro atoms. The minimum absolute atomic E-state index is 0.0712. The van der Waals surface area contributed by atoms with Gasteiger partial charge in [-0.2, -0.15) is 0 Å². The standard InChI is InChI=1S/C12H15BrN2O.C2H6/c1-4-7-10-14-9(6-3)11(13)12(16)15(10)8-5-2;1-2/h4-5,7-8H,6H2,1-3H3;1-2H3/b7-4-,8-5-;. The predicted molar refractivity (Wildman–Crippen MR) is 82.6 cm³/mol. The zero-order valence-electron chi connectivity index (χ0n) is 11.7. The number of aryl methyl sites for hydroxylation is 1. The van der Waals surface area contributed by atoms with Gasteiger partial charge in [-0.25, -0.2) is 4.98 Å². The molecule has 1 heterocycles. The Morgan fingerprint density at radius 2 is 1.89 bits per heavy atom. The summed E-state index contributed by atoms with van der Waals surface area (Å²) in [4.78, 5) is 16.5. The van der Waals surface area contributed by atoms with E-state index in [0.717, 1.165) is 12.1 Å². The monoisotopic (exact) mass is 312 g/mol. The summed E-state index contributed by atoms with van der Waals surface area (Å²) < 4.78 is 2.07. The zero-order valence-corrected chi connectivity index (χ0v) is 13.3. The largest absolute Gasteiger partial charge is 0.272 e. The van der Waals surface area contributed by atoms with Crippen LogP contribution < -0.4 is 5.56 Å². The van der Waals surface area contributed by atoms with Crippen LogP contribution in [0, 0.1) is 0 Å². The Balaban J connectivity index is 0.00000137. The Morgan fingerprint density at radius 1 is 1.28 bits per heavy atom. The number of aromatic nitrogens is 2. The molecule has 0 atom stereocenters. The molecule has 100 valence electrons. The Morgan fingerprint density at radius 3 is 2.33 bits per heavy atom. The van der Waals surface area contributed by atoms with E-state index >= 15 is 0 Å². The lowest BCUT2D eigenvalue weighted by Gasteiger charge is -2.08. The van der Waals surface area contributed by atoms with Gasteiger partial charge in [-0.3, -0.25) is 9.36 Å². The highest BCUT2D eigenvalue weighted by atomic mass is 79.9. The average molecular weight is 313 g/mol. The fourth-order valence-corrected chi connectivity index (χ4v) is 1.93. The molecule has 4 heteroatoms. The number of allylic oxidation sites excluding steroid dienone is 2. The van der Waals surface area contributed by atoms with E-state index in [1.54, 1.807) is 6.20 Å². The third kappa shape index (κ3) is 3.95. The normalized spacial score (nSPS) is 10.8. The molecule has 0 unspecified atom stereocenters. The maximum atomic E-state index is 12.0. The van der Waals surface area contributed by atoms with Crippen LogP contribution >= 0.6 is 15.9 Å². The Hall–Kier alpha value is -1.16. The molecule has 0 aliphatic carbocycles. The van der Waals surface area contributed by atoms with Gasteiger partial charge in [-0.1, -0.05) is 32.9 Å². The summed E-state index contributed by atoms with van der Waals surface area (Å²) in [6.07, 6.45) is 7.96. The summed E-state index contributed by atoms with van der Waals surface area (Å²) in [6, 6.07) is 0. The van der Waals surface area contributed by atoms with Gasteiger partial charge in [-0.05, 0) is 42.3 Å². The average Bonchev–Trinajstić information content (AvgIpc) is 2.40. The van der Waals surface area contributed by atoms with E-state index in [1.807, 2.05) is 52.8 Å². The van der Waals surface area contributed by atoms with Crippen LogP contribution in [0.4, 0.5) is 0 Å². The van der Waals surface area contributed by atoms with Crippen LogP contribution in [-0.2, 0) is 6.42 Å². The van der Waals surface area contributed by atoms with Gasteiger partial charge < -0.3 is 0 Å². The maximum Gasteiger partial charge on any atom is 0.272 e. The number of halogens is 1. The van der Waals surface area contributed by atoms with Gasteiger partial charge in [0.15, 0.2) is 0 Å². The minimum atomic E-state index is -0.0712. The lowest BCUT2D eigenvalue weighted by molar-refractivity contribution is 0.889. The lowest BCUT2D eigenvalue weighted by Crippen LogP contribution is -2.22. The van der Waals surface area contributed by atoms with Crippen molar-refractivity contribution in [2.24, 2.45) is 0 Å². The molecule has 1 aromatic rings. The molecule has 0 saturated carbocycles. The molecule has 0 amide bonds. The predicted octanol–water partition coefficient (Wildman–Crippen LogP) is 4.12. The van der Waals surface area contributed by atoms with E-state index in [2.05, 4.69) is 20.9 Å². The SMILES string of the molecule is C/C=C\c1nc(CC)c(Br)c(=O)n1/C=C\C.CC. The second kappa shape index (κ2) is 8.86. The molecule has 0 radical (unpaired) electrons. The van der Waals surface area contributed by atoms with Gasteiger partial charge in [-0.15, -0.1) is 0 Å². The van der Waals surface area contributed by atoms with Crippen LogP contribution in [-0.4, -0.2) is 9.55 Å². The molecule has 0 aromatic carbocycles. The van der Waals surface area contributed by atoms with Gasteiger partial charge in [0.05, 0.1) is 5.69 Å². The first kappa shape index (κ1) is 16.8. The molecular formula is C14H21BrN2O. The number of hydrogen-bond donors (Lipinski definition) is 0. The van der Waals surface area contributed by atoms with E-state index in [1.165, 1.54) is 4.57 Å². The van der Waals surface area contributed by atoms with Gasteiger partial charge in [0.1, 0.15) is 10.3 Å². The quantitative estimate of drug-likeness (QED) is 0.841. The van der Waals surface area contributed by atoms with Crippen molar-refractivity contribution >= 4 is 28.2 Å². The fraction of sp³-hybridized carbons (Fsp3) is 0.429. The highest BCUT2D eigenvalue weighted by molar-refractivity contribution is 9.10. The van der Waals surface area contributed by atoms with Crippen molar-refractivity contribution in [1.29, 1.82) is 0 Å². The highest BCUT2D eigenvalue weighted by Gasteiger charge is 2.09. The lowest BCUT2D eigenvalue weighted by atomic mass is 10.3. The van der Waals surface area contributed by atoms with Gasteiger partial charge in [0.2, 0.25) is 0 Å². The van der Waals surface area contributed by atoms with Crippen molar-refractivity contribution in [2.75, 3.05) is 0 Å². The zero-order chi connectivity index (χ0) is 14.1. The van der Waals surface area contributed by atoms with Gasteiger partial charge in [0, 0.05) is 6.20 Å². The van der Waals surface area contributed by atoms with Crippen molar-refractivity contribution in [3.05, 3.63) is 38.5 Å². The third-order valence-corrected chi connectivity index (χ3v) is 2.90. The Kier molecular flexibility index (Phi) is 8.29. The first-order valence-electron chi connectivity index (χ1n) is 6.22. The summed E-state index contributed by atoms with van der Waals surface area (Å²) >= 11 is 3.29. The molecular weight excluding hydrogens is 292 g/mol. The molecule has 0 fully saturated rings. The van der Waals surface area contributed by atoms with Gasteiger partial charge in [0.25, 0.3) is 5.56 Å². The van der Waals surface area contributed by atoms with Crippen molar-refractivity contribution in [3.8, 4) is 0 Å². The van der Waals surface area contributed by atoms with Crippen molar-refractivity contribution < 1.29 is 0 Å². The number of rotatable bonds is 3. The third-order valence-electron chi connectivity index (χ3n) is 2.11. The smallest absolute Gasteiger partial charge is 0.268 e. The summed E-state index contributed by atoms with van der Waals surface area (Å²) in [6.45, 7) is 9.75. The maximum absolute atomic E-state index is 12.0. The number of nitrogens with zero attached hydrogens (tertiary/aromatic N) is 2. The Bertz CT molecular complexity index is 487. The molecule has 0 aliphatic rings. The summed E-state index contributed by atoms with van der Waals surface area (Å²) in [7, 11) is 0. The van der Waals surface area contributed by atoms with E-state index in [9.17, 15) is 4.79 Å². The van der Waals surface area contributed by atoms with Crippen LogP contribution in [0.2, 0.25) is 0 Å². The van der Waals surface area contributed by atoms with Crippen molar-refractivity contribution in [3.63, 3.8) is 0 Å². The molecule has 1 rings (SSSR count). The summed E-state index contributed by atoms with van der Waals surface area (Å²) in [5.41, 5.74) is 0.719. The van der Waals surface area contributed by atoms with Crippen molar-refractivity contribution in [2.45, 2.75) is 41.0 Å². The second-order valence-corrected chi connectivity index (χ2v) is 4.03. The molecule has 1 aromatic heterocycles. The van der Waals surface area contributed by atoms with Crippen LogP contribution in [0.15, 0.2) is 21.4 Å². The molecule has 18 heavy (non-hydrogen) atoms. The Labute approximate surface area is 117 Å². The molecule has 0 bridgehead atoms. The van der Waals surface area contributed by atoms with E-state index in [-0.39, 0.29) is 5.56 Å². The first-order chi connectivity index (χ1) is 8.65. The van der Waals surface area contributed by atoms with E-state index < -0.39 is 0 Å². The fourth-order valence-electron chi connectivity index (χ4n) is 1.37. The second-order valence-electron chi connectivity index (χ2n) is 3.24. The van der Waals surface area contributed by atoms with Crippen molar-refractivity contribution in [1.82, 2.24) is 9.55 Å². The molecule has 0 aliphatic heterocycles. The van der Waals surface area contributed by atoms with Crippen LogP contribution in [0.5, 0.6) is 0 Å².